The summed E-state index contributed by atoms with van der Waals surface area (Å²) in [4.78, 5) is 24.9. The number of rotatable bonds is 7. The van der Waals surface area contributed by atoms with Crippen molar-refractivity contribution in [1.82, 2.24) is 4.31 Å². The maximum Gasteiger partial charge on any atom is 0.342 e. The quantitative estimate of drug-likeness (QED) is 0.591. The Labute approximate surface area is 190 Å². The van der Waals surface area contributed by atoms with Gasteiger partial charge in [0.1, 0.15) is 29.0 Å². The topological polar surface area (TPSA) is 148 Å². The average molecular weight is 477 g/mol. The number of methoxy groups -OCH3 is 3. The molecule has 3 rings (SSSR count). The van der Waals surface area contributed by atoms with Crippen molar-refractivity contribution >= 4 is 27.8 Å². The van der Waals surface area contributed by atoms with E-state index in [0.717, 1.165) is 11.4 Å². The van der Waals surface area contributed by atoms with Crippen LogP contribution < -0.4 is 14.8 Å². The number of hydrogen-bond donors (Lipinski definition) is 1. The summed E-state index contributed by atoms with van der Waals surface area (Å²) in [5.74, 6) is -1.01. The number of benzene rings is 1. The molecule has 33 heavy (non-hydrogen) atoms. The van der Waals surface area contributed by atoms with E-state index >= 15 is 0 Å². The Bertz CT molecular complexity index is 1230. The number of furan rings is 1. The van der Waals surface area contributed by atoms with Crippen LogP contribution in [-0.2, 0) is 19.6 Å². The number of hydrogen-bond acceptors (Lipinski definition) is 9. The standard InChI is InChI=1S/C21H23N3O8S/c1-12-18(21(26)31-4)14(11-22)20(32-12)23-19(25)15-6-5-9-24(15)33(27,28)13-7-8-16(29-2)17(10-13)30-3/h7-8,10,15H,5-6,9H2,1-4H3,(H,23,25). The molecule has 1 N–H and O–H groups in total. The van der Waals surface area contributed by atoms with Gasteiger partial charge in [-0.3, -0.25) is 10.1 Å². The molecule has 2 heterocycles. The molecule has 0 aliphatic carbocycles. The Morgan fingerprint density at radius 3 is 2.52 bits per heavy atom. The van der Waals surface area contributed by atoms with E-state index in [0.29, 0.717) is 12.2 Å². The van der Waals surface area contributed by atoms with Gasteiger partial charge in [0.2, 0.25) is 21.8 Å². The predicted octanol–water partition coefficient (Wildman–Crippen LogP) is 2.06. The van der Waals surface area contributed by atoms with Crippen LogP contribution in [0.15, 0.2) is 27.5 Å². The highest BCUT2D eigenvalue weighted by Crippen LogP contribution is 2.34. The van der Waals surface area contributed by atoms with Crippen molar-refractivity contribution in [1.29, 1.82) is 5.26 Å². The lowest BCUT2D eigenvalue weighted by molar-refractivity contribution is -0.119. The van der Waals surface area contributed by atoms with Crippen molar-refractivity contribution < 1.29 is 36.6 Å². The van der Waals surface area contributed by atoms with Gasteiger partial charge in [-0.1, -0.05) is 0 Å². The molecule has 0 saturated carbocycles. The van der Waals surface area contributed by atoms with Crippen LogP contribution in [-0.4, -0.2) is 58.5 Å². The molecule has 0 bridgehead atoms. The summed E-state index contributed by atoms with van der Waals surface area (Å²) in [6.07, 6.45) is 0.726. The fraction of sp³-hybridized carbons (Fsp3) is 0.381. The number of nitrogens with one attached hydrogen (secondary N) is 1. The van der Waals surface area contributed by atoms with Gasteiger partial charge in [-0.25, -0.2) is 13.2 Å². The van der Waals surface area contributed by atoms with Gasteiger partial charge in [-0.15, -0.1) is 0 Å². The van der Waals surface area contributed by atoms with E-state index in [2.05, 4.69) is 10.1 Å². The van der Waals surface area contributed by atoms with Crippen LogP contribution in [0.1, 0.15) is 34.5 Å². The summed E-state index contributed by atoms with van der Waals surface area (Å²) in [7, 11) is -0.0704. The van der Waals surface area contributed by atoms with Crippen molar-refractivity contribution in [2.75, 3.05) is 33.2 Å². The average Bonchev–Trinajstić information content (AvgIpc) is 3.42. The van der Waals surface area contributed by atoms with E-state index in [1.165, 1.54) is 39.3 Å². The largest absolute Gasteiger partial charge is 0.493 e. The summed E-state index contributed by atoms with van der Waals surface area (Å²) in [5, 5.41) is 11.9. The van der Waals surface area contributed by atoms with E-state index < -0.39 is 27.9 Å². The fourth-order valence-corrected chi connectivity index (χ4v) is 5.36. The van der Waals surface area contributed by atoms with Crippen LogP contribution >= 0.6 is 0 Å². The van der Waals surface area contributed by atoms with E-state index in [1.54, 1.807) is 0 Å². The van der Waals surface area contributed by atoms with Gasteiger partial charge in [-0.2, -0.15) is 9.57 Å². The highest BCUT2D eigenvalue weighted by molar-refractivity contribution is 7.89. The molecule has 12 heteroatoms. The van der Waals surface area contributed by atoms with Crippen LogP contribution in [0, 0.1) is 18.3 Å². The number of carbonyl (C=O) groups excluding carboxylic acids is 2. The smallest absolute Gasteiger partial charge is 0.342 e. The zero-order chi connectivity index (χ0) is 24.3. The van der Waals surface area contributed by atoms with Crippen LogP contribution in [0.5, 0.6) is 11.5 Å². The molecular formula is C21H23N3O8S. The second-order valence-corrected chi connectivity index (χ2v) is 9.01. The summed E-state index contributed by atoms with van der Waals surface area (Å²) < 4.78 is 48.1. The molecule has 1 aliphatic rings. The SMILES string of the molecule is COC(=O)c1c(C)oc(NC(=O)C2CCCN2S(=O)(=O)c2ccc(OC)c(OC)c2)c1C#N. The number of nitriles is 1. The number of nitrogens with zero attached hydrogens (tertiary/aromatic N) is 2. The molecule has 0 radical (unpaired) electrons. The maximum atomic E-state index is 13.3. The Balaban J connectivity index is 1.90. The first kappa shape index (κ1) is 24.1. The zero-order valence-electron chi connectivity index (χ0n) is 18.5. The monoisotopic (exact) mass is 477 g/mol. The normalized spacial score (nSPS) is 16.2. The Kier molecular flexibility index (Phi) is 6.95. The highest BCUT2D eigenvalue weighted by atomic mass is 32.2. The minimum absolute atomic E-state index is 0.0561. The number of carbonyl (C=O) groups is 2. The molecule has 2 aromatic rings. The van der Waals surface area contributed by atoms with Crippen LogP contribution in [0.4, 0.5) is 5.88 Å². The molecule has 1 atom stereocenters. The van der Waals surface area contributed by atoms with E-state index in [1.807, 2.05) is 6.07 Å². The van der Waals surface area contributed by atoms with Crippen molar-refractivity contribution in [3.63, 3.8) is 0 Å². The highest BCUT2D eigenvalue weighted by Gasteiger charge is 2.40. The third-order valence-electron chi connectivity index (χ3n) is 5.29. The molecule has 0 spiro atoms. The van der Waals surface area contributed by atoms with E-state index in [9.17, 15) is 23.3 Å². The lowest BCUT2D eigenvalue weighted by atomic mass is 10.1. The van der Waals surface area contributed by atoms with Gasteiger partial charge < -0.3 is 18.6 Å². The number of sulfonamides is 1. The molecule has 11 nitrogen and oxygen atoms in total. The van der Waals surface area contributed by atoms with E-state index in [4.69, 9.17) is 13.9 Å². The summed E-state index contributed by atoms with van der Waals surface area (Å²) in [6, 6.07) is 4.95. The lowest BCUT2D eigenvalue weighted by Gasteiger charge is -2.23. The Morgan fingerprint density at radius 1 is 1.21 bits per heavy atom. The minimum atomic E-state index is -4.05. The van der Waals surface area contributed by atoms with Gasteiger partial charge in [0.05, 0.1) is 26.2 Å². The number of esters is 1. The maximum absolute atomic E-state index is 13.3. The second-order valence-electron chi connectivity index (χ2n) is 7.12. The molecule has 1 aromatic heterocycles. The molecule has 1 aromatic carbocycles. The van der Waals surface area contributed by atoms with Crippen molar-refractivity contribution in [2.24, 2.45) is 0 Å². The van der Waals surface area contributed by atoms with Crippen LogP contribution in [0.3, 0.4) is 0 Å². The van der Waals surface area contributed by atoms with Gasteiger partial charge in [-0.05, 0) is 31.9 Å². The van der Waals surface area contributed by atoms with Gasteiger partial charge in [0, 0.05) is 12.6 Å². The minimum Gasteiger partial charge on any atom is -0.493 e. The predicted molar refractivity (Wildman–Crippen MR) is 115 cm³/mol. The number of ether oxygens (including phenoxy) is 3. The van der Waals surface area contributed by atoms with Crippen LogP contribution in [0.25, 0.3) is 0 Å². The number of anilines is 1. The molecule has 1 aliphatic heterocycles. The van der Waals surface area contributed by atoms with Gasteiger partial charge >= 0.3 is 5.97 Å². The lowest BCUT2D eigenvalue weighted by Crippen LogP contribution is -2.43. The summed E-state index contributed by atoms with van der Waals surface area (Å²) in [5.41, 5.74) is -0.295. The molecule has 1 unspecified atom stereocenters. The molecule has 1 amide bonds. The summed E-state index contributed by atoms with van der Waals surface area (Å²) >= 11 is 0. The first-order valence-electron chi connectivity index (χ1n) is 9.86. The number of aryl methyl sites for hydroxylation is 1. The van der Waals surface area contributed by atoms with Crippen molar-refractivity contribution in [3.05, 3.63) is 35.1 Å². The molecular weight excluding hydrogens is 454 g/mol. The molecule has 176 valence electrons. The first-order valence-corrected chi connectivity index (χ1v) is 11.3. The third-order valence-corrected chi connectivity index (χ3v) is 7.19. The Hall–Kier alpha value is -3.56. The van der Waals surface area contributed by atoms with Crippen molar-refractivity contribution in [3.8, 4) is 17.6 Å². The molecule has 1 fully saturated rings. The zero-order valence-corrected chi connectivity index (χ0v) is 19.3. The van der Waals surface area contributed by atoms with Crippen LogP contribution in [0.2, 0.25) is 0 Å². The van der Waals surface area contributed by atoms with Crippen molar-refractivity contribution in [2.45, 2.75) is 30.7 Å². The molecule has 1 saturated heterocycles. The summed E-state index contributed by atoms with van der Waals surface area (Å²) in [6.45, 7) is 1.58. The van der Waals surface area contributed by atoms with Gasteiger partial charge in [0.25, 0.3) is 0 Å². The first-order chi connectivity index (χ1) is 15.7. The fourth-order valence-electron chi connectivity index (χ4n) is 3.68. The second kappa shape index (κ2) is 9.51. The van der Waals surface area contributed by atoms with E-state index in [-0.39, 0.29) is 46.4 Å². The third kappa shape index (κ3) is 4.37. The van der Waals surface area contributed by atoms with Gasteiger partial charge in [0.15, 0.2) is 11.5 Å². The number of amides is 1. The Morgan fingerprint density at radius 2 is 1.91 bits per heavy atom.